The number of nitrogens with zero attached hydrogens (tertiary/aromatic N) is 2. The van der Waals surface area contributed by atoms with Crippen LogP contribution in [0.15, 0.2) is 30.5 Å². The molecule has 1 aromatic carbocycles. The number of hydrogen-bond donors (Lipinski definition) is 1. The molecule has 2 aromatic rings. The molecule has 102 valence electrons. The molecular weight excluding hydrogens is 353 g/mol. The Labute approximate surface area is 127 Å². The van der Waals surface area contributed by atoms with E-state index in [0.717, 1.165) is 17.0 Å². The number of ether oxygens (including phenoxy) is 1. The molecule has 0 radical (unpaired) electrons. The van der Waals surface area contributed by atoms with Crippen molar-refractivity contribution < 1.29 is 4.74 Å². The van der Waals surface area contributed by atoms with Crippen LogP contribution in [0, 0.1) is 3.57 Å². The van der Waals surface area contributed by atoms with Crippen LogP contribution in [0.5, 0.6) is 5.75 Å². The van der Waals surface area contributed by atoms with Crippen molar-refractivity contribution in [3.8, 4) is 5.75 Å². The third-order valence-electron chi connectivity index (χ3n) is 3.03. The highest BCUT2D eigenvalue weighted by Crippen LogP contribution is 2.30. The smallest absolute Gasteiger partial charge is 0.161 e. The van der Waals surface area contributed by atoms with Crippen LogP contribution in [0.4, 0.5) is 0 Å². The van der Waals surface area contributed by atoms with Crippen LogP contribution in [-0.2, 0) is 0 Å². The van der Waals surface area contributed by atoms with Crippen molar-refractivity contribution in [3.05, 3.63) is 45.3 Å². The SMILES string of the molecule is COc1cnn(C(C)C)c1C(N)c1ccc(I)cc1. The molecule has 1 unspecified atom stereocenters. The van der Waals surface area contributed by atoms with Gasteiger partial charge in [-0.2, -0.15) is 5.10 Å². The zero-order valence-corrected chi connectivity index (χ0v) is 13.5. The highest BCUT2D eigenvalue weighted by atomic mass is 127. The molecule has 0 saturated heterocycles. The van der Waals surface area contributed by atoms with Gasteiger partial charge in [0.1, 0.15) is 5.69 Å². The molecule has 0 aliphatic rings. The Hall–Kier alpha value is -1.08. The Bertz CT molecular complexity index is 548. The van der Waals surface area contributed by atoms with Crippen LogP contribution in [0.3, 0.4) is 0 Å². The molecule has 19 heavy (non-hydrogen) atoms. The largest absolute Gasteiger partial charge is 0.493 e. The molecule has 0 fully saturated rings. The van der Waals surface area contributed by atoms with E-state index >= 15 is 0 Å². The van der Waals surface area contributed by atoms with Crippen LogP contribution in [0.25, 0.3) is 0 Å². The van der Waals surface area contributed by atoms with E-state index in [0.29, 0.717) is 0 Å². The van der Waals surface area contributed by atoms with Gasteiger partial charge in [-0.3, -0.25) is 4.68 Å². The highest BCUT2D eigenvalue weighted by molar-refractivity contribution is 14.1. The van der Waals surface area contributed by atoms with Gasteiger partial charge in [-0.25, -0.2) is 0 Å². The van der Waals surface area contributed by atoms with E-state index in [1.165, 1.54) is 3.57 Å². The van der Waals surface area contributed by atoms with Crippen molar-refractivity contribution in [1.82, 2.24) is 9.78 Å². The van der Waals surface area contributed by atoms with E-state index < -0.39 is 0 Å². The van der Waals surface area contributed by atoms with Gasteiger partial charge in [0, 0.05) is 9.61 Å². The second-order valence-electron chi connectivity index (χ2n) is 4.67. The number of rotatable bonds is 4. The zero-order valence-electron chi connectivity index (χ0n) is 11.3. The summed E-state index contributed by atoms with van der Waals surface area (Å²) in [5.41, 5.74) is 8.35. The average Bonchev–Trinajstić information content (AvgIpc) is 2.82. The van der Waals surface area contributed by atoms with Crippen molar-refractivity contribution in [2.24, 2.45) is 5.73 Å². The normalized spacial score (nSPS) is 12.7. The van der Waals surface area contributed by atoms with Gasteiger partial charge in [0.25, 0.3) is 0 Å². The molecule has 0 saturated carbocycles. The summed E-state index contributed by atoms with van der Waals surface area (Å²) >= 11 is 2.28. The van der Waals surface area contributed by atoms with Gasteiger partial charge in [0.2, 0.25) is 0 Å². The molecule has 2 rings (SSSR count). The molecule has 1 heterocycles. The molecule has 5 heteroatoms. The second kappa shape index (κ2) is 5.92. The summed E-state index contributed by atoms with van der Waals surface area (Å²) in [6.07, 6.45) is 1.72. The maximum absolute atomic E-state index is 6.38. The standard InChI is InChI=1S/C14H18IN3O/c1-9(2)18-14(12(19-3)8-17-18)13(16)10-4-6-11(15)7-5-10/h4-9,13H,16H2,1-3H3. The van der Waals surface area contributed by atoms with Crippen molar-refractivity contribution in [2.75, 3.05) is 7.11 Å². The van der Waals surface area contributed by atoms with Crippen LogP contribution in [-0.4, -0.2) is 16.9 Å². The van der Waals surface area contributed by atoms with Gasteiger partial charge in [0.15, 0.2) is 5.75 Å². The summed E-state index contributed by atoms with van der Waals surface area (Å²) in [5, 5.41) is 4.36. The number of benzene rings is 1. The predicted octanol–water partition coefficient (Wildman–Crippen LogP) is 3.13. The molecule has 4 nitrogen and oxygen atoms in total. The van der Waals surface area contributed by atoms with E-state index in [1.54, 1.807) is 13.3 Å². The molecule has 1 atom stereocenters. The van der Waals surface area contributed by atoms with Crippen molar-refractivity contribution in [3.63, 3.8) is 0 Å². The van der Waals surface area contributed by atoms with Crippen molar-refractivity contribution >= 4 is 22.6 Å². The Balaban J connectivity index is 2.44. The minimum absolute atomic E-state index is 0.239. The number of hydrogen-bond acceptors (Lipinski definition) is 3. The van der Waals surface area contributed by atoms with Gasteiger partial charge in [-0.15, -0.1) is 0 Å². The molecule has 0 spiro atoms. The lowest BCUT2D eigenvalue weighted by Gasteiger charge is -2.18. The van der Waals surface area contributed by atoms with Gasteiger partial charge in [-0.05, 0) is 54.1 Å². The Kier molecular flexibility index (Phi) is 4.46. The minimum Gasteiger partial charge on any atom is -0.493 e. The summed E-state index contributed by atoms with van der Waals surface area (Å²) in [7, 11) is 1.64. The van der Waals surface area contributed by atoms with E-state index in [1.807, 2.05) is 16.8 Å². The van der Waals surface area contributed by atoms with Crippen molar-refractivity contribution in [1.29, 1.82) is 0 Å². The minimum atomic E-state index is -0.239. The highest BCUT2D eigenvalue weighted by Gasteiger charge is 2.21. The molecule has 1 aromatic heterocycles. The molecule has 2 N–H and O–H groups in total. The molecule has 0 aliphatic heterocycles. The van der Waals surface area contributed by atoms with Gasteiger partial charge >= 0.3 is 0 Å². The number of methoxy groups -OCH3 is 1. The van der Waals surface area contributed by atoms with Crippen LogP contribution in [0.2, 0.25) is 0 Å². The second-order valence-corrected chi connectivity index (χ2v) is 5.91. The van der Waals surface area contributed by atoms with Gasteiger partial charge in [0.05, 0.1) is 19.3 Å². The fourth-order valence-electron chi connectivity index (χ4n) is 2.05. The fraction of sp³-hybridized carbons (Fsp3) is 0.357. The maximum atomic E-state index is 6.38. The first-order valence-corrected chi connectivity index (χ1v) is 7.25. The third kappa shape index (κ3) is 2.92. The lowest BCUT2D eigenvalue weighted by molar-refractivity contribution is 0.401. The predicted molar refractivity (Wildman–Crippen MR) is 84.4 cm³/mol. The zero-order chi connectivity index (χ0) is 14.0. The Morgan fingerprint density at radius 2 is 1.89 bits per heavy atom. The summed E-state index contributed by atoms with van der Waals surface area (Å²) < 4.78 is 8.49. The van der Waals surface area contributed by atoms with Crippen LogP contribution >= 0.6 is 22.6 Å². The van der Waals surface area contributed by atoms with Gasteiger partial charge < -0.3 is 10.5 Å². The summed E-state index contributed by atoms with van der Waals surface area (Å²) in [4.78, 5) is 0. The van der Waals surface area contributed by atoms with E-state index in [2.05, 4.69) is 53.7 Å². The first kappa shape index (κ1) is 14.3. The summed E-state index contributed by atoms with van der Waals surface area (Å²) in [6, 6.07) is 8.20. The van der Waals surface area contributed by atoms with E-state index in [4.69, 9.17) is 10.5 Å². The summed E-state index contributed by atoms with van der Waals surface area (Å²) in [5.74, 6) is 0.736. The Morgan fingerprint density at radius 1 is 1.26 bits per heavy atom. The number of aromatic nitrogens is 2. The average molecular weight is 371 g/mol. The topological polar surface area (TPSA) is 53.1 Å². The molecular formula is C14H18IN3O. The van der Waals surface area contributed by atoms with E-state index in [9.17, 15) is 0 Å². The maximum Gasteiger partial charge on any atom is 0.161 e. The Morgan fingerprint density at radius 3 is 2.42 bits per heavy atom. The van der Waals surface area contributed by atoms with Crippen molar-refractivity contribution in [2.45, 2.75) is 25.9 Å². The molecule has 0 bridgehead atoms. The fourth-order valence-corrected chi connectivity index (χ4v) is 2.41. The number of nitrogens with two attached hydrogens (primary N) is 1. The van der Waals surface area contributed by atoms with Gasteiger partial charge in [-0.1, -0.05) is 12.1 Å². The third-order valence-corrected chi connectivity index (χ3v) is 3.75. The lowest BCUT2D eigenvalue weighted by Crippen LogP contribution is -2.19. The first-order chi connectivity index (χ1) is 9.04. The monoisotopic (exact) mass is 371 g/mol. The van der Waals surface area contributed by atoms with E-state index in [-0.39, 0.29) is 12.1 Å². The first-order valence-electron chi connectivity index (χ1n) is 6.17. The summed E-state index contributed by atoms with van der Waals surface area (Å²) in [6.45, 7) is 4.16. The number of halogens is 1. The lowest BCUT2D eigenvalue weighted by atomic mass is 10.0. The molecule has 0 amide bonds. The quantitative estimate of drug-likeness (QED) is 0.841. The van der Waals surface area contributed by atoms with Crippen LogP contribution in [0.1, 0.15) is 37.2 Å². The molecule has 0 aliphatic carbocycles. The van der Waals surface area contributed by atoms with Crippen LogP contribution < -0.4 is 10.5 Å².